The number of benzene rings is 4. The molecular weight excluding hydrogens is 564 g/mol. The minimum Gasteiger partial charge on any atom is -0.457 e. The second kappa shape index (κ2) is 12.1. The maximum Gasteiger partial charge on any atom is 0.261 e. The third-order valence-corrected chi connectivity index (χ3v) is 8.62. The Morgan fingerprint density at radius 1 is 0.767 bits per heavy atom. The van der Waals surface area contributed by atoms with Gasteiger partial charge in [-0.1, -0.05) is 48.9 Å². The Labute approximate surface area is 249 Å². The van der Waals surface area contributed by atoms with Gasteiger partial charge in [-0.15, -0.1) is 0 Å². The highest BCUT2D eigenvalue weighted by Crippen LogP contribution is 2.25. The SMILES string of the molecule is O=C1c2ccccc2C(=O)N1CCCCCS(=O)(=O)Nc1ccc2nc(Cc3ccc(Oc4ccccc4)cc3)[nH]c2c1. The van der Waals surface area contributed by atoms with Crippen LogP contribution >= 0.6 is 0 Å². The maximum atomic E-state index is 12.7. The highest BCUT2D eigenvalue weighted by molar-refractivity contribution is 7.92. The molecule has 0 saturated heterocycles. The number of hydrogen-bond donors (Lipinski definition) is 2. The van der Waals surface area contributed by atoms with Crippen LogP contribution in [0.4, 0.5) is 5.69 Å². The van der Waals surface area contributed by atoms with E-state index in [1.807, 2.05) is 54.6 Å². The largest absolute Gasteiger partial charge is 0.457 e. The summed E-state index contributed by atoms with van der Waals surface area (Å²) < 4.78 is 34.0. The average molecular weight is 595 g/mol. The molecule has 1 aromatic heterocycles. The first-order chi connectivity index (χ1) is 20.8. The van der Waals surface area contributed by atoms with Crippen molar-refractivity contribution in [3.8, 4) is 11.5 Å². The molecule has 0 atom stereocenters. The fraction of sp³-hybridized carbons (Fsp3) is 0.182. The van der Waals surface area contributed by atoms with Gasteiger partial charge in [0.05, 0.1) is 33.6 Å². The number of imide groups is 1. The van der Waals surface area contributed by atoms with Crippen molar-refractivity contribution in [3.05, 3.63) is 120 Å². The second-order valence-corrected chi connectivity index (χ2v) is 12.3. The number of sulfonamides is 1. The first kappa shape index (κ1) is 28.2. The van der Waals surface area contributed by atoms with E-state index in [0.717, 1.165) is 33.9 Å². The summed E-state index contributed by atoms with van der Waals surface area (Å²) in [6.45, 7) is 0.268. The number of fused-ring (bicyclic) bond motifs is 2. The molecule has 218 valence electrons. The molecule has 10 heteroatoms. The van der Waals surface area contributed by atoms with Gasteiger partial charge >= 0.3 is 0 Å². The number of hydrogen-bond acceptors (Lipinski definition) is 6. The van der Waals surface area contributed by atoms with E-state index >= 15 is 0 Å². The zero-order chi connectivity index (χ0) is 29.8. The van der Waals surface area contributed by atoms with Gasteiger partial charge < -0.3 is 9.72 Å². The number of ether oxygens (including phenoxy) is 1. The van der Waals surface area contributed by atoms with Crippen LogP contribution in [-0.4, -0.2) is 47.4 Å². The topological polar surface area (TPSA) is 121 Å². The van der Waals surface area contributed by atoms with Crippen molar-refractivity contribution < 1.29 is 22.7 Å². The zero-order valence-electron chi connectivity index (χ0n) is 23.3. The number of para-hydroxylation sites is 1. The first-order valence-corrected chi connectivity index (χ1v) is 15.8. The van der Waals surface area contributed by atoms with E-state index in [9.17, 15) is 18.0 Å². The standard InChI is InChI=1S/C33H30N4O5S/c38-32-27-11-5-6-12-28(27)33(39)37(32)19-7-2-8-20-43(40,41)36-24-15-18-29-30(22-24)35-31(34-29)21-23-13-16-26(17-14-23)42-25-9-3-1-4-10-25/h1,3-6,9-18,22,36H,2,7-8,19-21H2,(H,34,35). The van der Waals surface area contributed by atoms with Gasteiger partial charge in [0.15, 0.2) is 0 Å². The van der Waals surface area contributed by atoms with Crippen molar-refractivity contribution in [2.75, 3.05) is 17.0 Å². The van der Waals surface area contributed by atoms with E-state index in [4.69, 9.17) is 4.74 Å². The summed E-state index contributed by atoms with van der Waals surface area (Å²) in [5.41, 5.74) is 3.84. The number of unbranched alkanes of at least 4 members (excludes halogenated alkanes) is 2. The quantitative estimate of drug-likeness (QED) is 0.132. The number of anilines is 1. The van der Waals surface area contributed by atoms with Crippen molar-refractivity contribution in [3.63, 3.8) is 0 Å². The van der Waals surface area contributed by atoms with Crippen molar-refractivity contribution in [1.29, 1.82) is 0 Å². The number of carbonyl (C=O) groups is 2. The lowest BCUT2D eigenvalue weighted by molar-refractivity contribution is 0.0651. The van der Waals surface area contributed by atoms with E-state index in [2.05, 4.69) is 14.7 Å². The highest BCUT2D eigenvalue weighted by atomic mass is 32.2. The molecule has 1 aliphatic heterocycles. The molecule has 2 amide bonds. The van der Waals surface area contributed by atoms with Gasteiger partial charge in [0.2, 0.25) is 10.0 Å². The molecule has 5 aromatic rings. The molecule has 0 aliphatic carbocycles. The number of aromatic nitrogens is 2. The number of rotatable bonds is 12. The lowest BCUT2D eigenvalue weighted by Crippen LogP contribution is -2.30. The normalized spacial score (nSPS) is 13.0. The smallest absolute Gasteiger partial charge is 0.261 e. The van der Waals surface area contributed by atoms with Crippen LogP contribution in [0.25, 0.3) is 11.0 Å². The van der Waals surface area contributed by atoms with Crippen LogP contribution in [0.15, 0.2) is 97.1 Å². The molecule has 0 saturated carbocycles. The summed E-state index contributed by atoms with van der Waals surface area (Å²) in [6, 6.07) is 29.4. The maximum absolute atomic E-state index is 12.7. The minimum absolute atomic E-state index is 0.0641. The molecule has 6 rings (SSSR count). The van der Waals surface area contributed by atoms with Gasteiger partial charge in [-0.2, -0.15) is 0 Å². The summed E-state index contributed by atoms with van der Waals surface area (Å²) in [6.07, 6.45) is 2.09. The van der Waals surface area contributed by atoms with Gasteiger partial charge in [0, 0.05) is 13.0 Å². The summed E-state index contributed by atoms with van der Waals surface area (Å²) in [5.74, 6) is 1.64. The molecule has 0 unspecified atom stereocenters. The predicted molar refractivity (Wildman–Crippen MR) is 165 cm³/mol. The van der Waals surface area contributed by atoms with Gasteiger partial charge in [-0.3, -0.25) is 19.2 Å². The fourth-order valence-corrected chi connectivity index (χ4v) is 6.29. The third-order valence-electron chi connectivity index (χ3n) is 7.25. The monoisotopic (exact) mass is 594 g/mol. The van der Waals surface area contributed by atoms with Crippen LogP contribution in [0.2, 0.25) is 0 Å². The molecule has 1 aliphatic rings. The minimum atomic E-state index is -3.58. The van der Waals surface area contributed by atoms with Crippen LogP contribution in [0.5, 0.6) is 11.5 Å². The molecular formula is C33H30N4O5S. The Bertz CT molecular complexity index is 1850. The summed E-state index contributed by atoms with van der Waals surface area (Å²) in [5, 5.41) is 0. The fourth-order valence-electron chi connectivity index (χ4n) is 5.11. The molecule has 9 nitrogen and oxygen atoms in total. The number of carbonyl (C=O) groups excluding carboxylic acids is 2. The number of imidazole rings is 1. The molecule has 4 aromatic carbocycles. The third kappa shape index (κ3) is 6.60. The van der Waals surface area contributed by atoms with Gasteiger partial charge in [-0.25, -0.2) is 13.4 Å². The number of H-pyrrole nitrogens is 1. The molecule has 43 heavy (non-hydrogen) atoms. The second-order valence-electron chi connectivity index (χ2n) is 10.4. The molecule has 0 bridgehead atoms. The summed E-state index contributed by atoms with van der Waals surface area (Å²) in [7, 11) is -3.58. The van der Waals surface area contributed by atoms with Crippen molar-refractivity contribution in [2.24, 2.45) is 0 Å². The number of amides is 2. The Morgan fingerprint density at radius 3 is 2.16 bits per heavy atom. The number of nitrogens with one attached hydrogen (secondary N) is 2. The van der Waals surface area contributed by atoms with Crippen molar-refractivity contribution in [2.45, 2.75) is 25.7 Å². The average Bonchev–Trinajstić information content (AvgIpc) is 3.51. The molecule has 0 spiro atoms. The van der Waals surface area contributed by atoms with E-state index < -0.39 is 10.0 Å². The molecule has 2 N–H and O–H groups in total. The highest BCUT2D eigenvalue weighted by Gasteiger charge is 2.34. The van der Waals surface area contributed by atoms with Crippen molar-refractivity contribution in [1.82, 2.24) is 14.9 Å². The van der Waals surface area contributed by atoms with Gasteiger partial charge in [-0.05, 0) is 73.0 Å². The zero-order valence-corrected chi connectivity index (χ0v) is 24.1. The Balaban J connectivity index is 0.987. The lowest BCUT2D eigenvalue weighted by Gasteiger charge is -2.13. The van der Waals surface area contributed by atoms with Crippen LogP contribution in [0.3, 0.4) is 0 Å². The van der Waals surface area contributed by atoms with E-state index in [1.54, 1.807) is 42.5 Å². The number of nitrogens with zero attached hydrogens (tertiary/aromatic N) is 2. The first-order valence-electron chi connectivity index (χ1n) is 14.1. The van der Waals surface area contributed by atoms with Gasteiger partial charge in [0.1, 0.15) is 17.3 Å². The number of aromatic amines is 1. The van der Waals surface area contributed by atoms with Crippen LogP contribution in [0, 0.1) is 0 Å². The molecule has 2 heterocycles. The Kier molecular flexibility index (Phi) is 7.93. The van der Waals surface area contributed by atoms with Gasteiger partial charge in [0.25, 0.3) is 11.8 Å². The predicted octanol–water partition coefficient (Wildman–Crippen LogP) is 6.15. The van der Waals surface area contributed by atoms with E-state index in [0.29, 0.717) is 42.5 Å². The lowest BCUT2D eigenvalue weighted by atomic mass is 10.1. The van der Waals surface area contributed by atoms with E-state index in [1.165, 1.54) is 4.90 Å². The Hall–Kier alpha value is -4.96. The van der Waals surface area contributed by atoms with Crippen molar-refractivity contribution >= 4 is 38.6 Å². The van der Waals surface area contributed by atoms with Crippen LogP contribution < -0.4 is 9.46 Å². The summed E-state index contributed by atoms with van der Waals surface area (Å²) >= 11 is 0. The summed E-state index contributed by atoms with van der Waals surface area (Å²) in [4.78, 5) is 34.1. The molecule has 0 fully saturated rings. The van der Waals surface area contributed by atoms with Crippen LogP contribution in [0.1, 0.15) is 51.4 Å². The Morgan fingerprint density at radius 2 is 1.44 bits per heavy atom. The van der Waals surface area contributed by atoms with Crippen LogP contribution in [-0.2, 0) is 16.4 Å². The molecule has 0 radical (unpaired) electrons. The van der Waals surface area contributed by atoms with E-state index in [-0.39, 0.29) is 24.1 Å².